The molecule has 0 saturated carbocycles. The fraction of sp³-hybridized carbons (Fsp3) is 0.436. The number of nitrogens with zero attached hydrogens (tertiary/aromatic N) is 5. The number of carbonyl (C=O) groups excluding carboxylic acids is 4. The number of halogens is 4. The summed E-state index contributed by atoms with van der Waals surface area (Å²) in [6, 6.07) is 8.55. The predicted molar refractivity (Wildman–Crippen MR) is 203 cm³/mol. The number of amides is 4. The minimum atomic E-state index is -4.67. The number of ether oxygens (including phenoxy) is 1. The highest BCUT2D eigenvalue weighted by atomic mass is 79.9. The van der Waals surface area contributed by atoms with E-state index in [0.717, 1.165) is 11.0 Å². The van der Waals surface area contributed by atoms with Crippen LogP contribution < -0.4 is 10.9 Å². The summed E-state index contributed by atoms with van der Waals surface area (Å²) in [5, 5.41) is 3.14. The quantitative estimate of drug-likeness (QED) is 0.203. The van der Waals surface area contributed by atoms with Gasteiger partial charge in [0.1, 0.15) is 5.60 Å². The number of alkyl halides is 3. The molecule has 1 saturated heterocycles. The number of rotatable bonds is 7. The molecule has 0 unspecified atom stereocenters. The van der Waals surface area contributed by atoms with Gasteiger partial charge in [0.15, 0.2) is 0 Å². The number of benzene rings is 2. The van der Waals surface area contributed by atoms with Crippen molar-refractivity contribution in [2.75, 3.05) is 25.5 Å². The van der Waals surface area contributed by atoms with Gasteiger partial charge in [-0.05, 0) is 96.3 Å². The Morgan fingerprint density at radius 2 is 1.67 bits per heavy atom. The van der Waals surface area contributed by atoms with E-state index < -0.39 is 52.8 Å². The van der Waals surface area contributed by atoms with E-state index in [4.69, 9.17) is 9.72 Å². The van der Waals surface area contributed by atoms with Crippen LogP contribution in [0.2, 0.25) is 0 Å². The van der Waals surface area contributed by atoms with Gasteiger partial charge in [0.05, 0.1) is 23.5 Å². The zero-order valence-electron chi connectivity index (χ0n) is 31.5. The number of likely N-dealkylation sites (tertiary alicyclic amines) is 1. The molecular formula is C39H44BrF3N6O6. The van der Waals surface area contributed by atoms with Crippen LogP contribution in [-0.4, -0.2) is 85.9 Å². The van der Waals surface area contributed by atoms with E-state index in [2.05, 4.69) is 27.8 Å². The minimum absolute atomic E-state index is 0.0903. The molecule has 2 aliphatic rings. The molecule has 0 aliphatic carbocycles. The van der Waals surface area contributed by atoms with Crippen molar-refractivity contribution in [1.29, 1.82) is 0 Å². The van der Waals surface area contributed by atoms with Crippen LogP contribution in [0.3, 0.4) is 0 Å². The number of nitrogens with one attached hydrogen (secondary N) is 1. The number of aromatic nitrogens is 2. The molecule has 1 N–H and O–H groups in total. The molecular weight excluding hydrogens is 785 g/mol. The summed E-state index contributed by atoms with van der Waals surface area (Å²) in [5.41, 5.74) is -0.967. The Labute approximate surface area is 325 Å². The predicted octanol–water partition coefficient (Wildman–Crippen LogP) is 6.83. The highest BCUT2D eigenvalue weighted by molar-refractivity contribution is 9.10. The molecule has 2 aliphatic heterocycles. The summed E-state index contributed by atoms with van der Waals surface area (Å²) in [6.45, 7) is 13.2. The molecule has 3 heterocycles. The number of imide groups is 1. The van der Waals surface area contributed by atoms with Gasteiger partial charge in [-0.2, -0.15) is 13.2 Å². The average molecular weight is 830 g/mol. The maximum absolute atomic E-state index is 14.2. The van der Waals surface area contributed by atoms with Gasteiger partial charge >= 0.3 is 12.3 Å². The lowest BCUT2D eigenvalue weighted by atomic mass is 9.95. The smallest absolute Gasteiger partial charge is 0.417 e. The van der Waals surface area contributed by atoms with Crippen LogP contribution in [0.1, 0.15) is 85.0 Å². The molecule has 16 heteroatoms. The van der Waals surface area contributed by atoms with Crippen molar-refractivity contribution in [3.8, 4) is 5.69 Å². The van der Waals surface area contributed by atoms with Crippen molar-refractivity contribution in [3.05, 3.63) is 97.9 Å². The first-order valence-corrected chi connectivity index (χ1v) is 18.6. The highest BCUT2D eigenvalue weighted by Crippen LogP contribution is 2.36. The summed E-state index contributed by atoms with van der Waals surface area (Å²) >= 11 is 2.91. The van der Waals surface area contributed by atoms with E-state index >= 15 is 0 Å². The topological polar surface area (TPSA) is 134 Å². The zero-order chi connectivity index (χ0) is 40.6. The van der Waals surface area contributed by atoms with Gasteiger partial charge in [0.25, 0.3) is 17.4 Å². The summed E-state index contributed by atoms with van der Waals surface area (Å²) in [4.78, 5) is 75.7. The molecule has 294 valence electrons. The highest BCUT2D eigenvalue weighted by Gasteiger charge is 2.37. The molecule has 55 heavy (non-hydrogen) atoms. The largest absolute Gasteiger partial charge is 0.444 e. The normalized spacial score (nSPS) is 16.9. The number of fused-ring (bicyclic) bond motifs is 1. The Bertz CT molecular complexity index is 2050. The SMILES string of the molecule is C=C[C@H](C)Nc1nc2c(c(=O)n1-c1ccc(C(=O)N(C)C(=O)C3CCN(C(=O)OC(C)(C)C)CC3)cc1)C[C@@H](C)N(C(=O)c1ccc(Br)c(C(F)(F)F)c1)C2. The molecule has 1 aromatic heterocycles. The lowest BCUT2D eigenvalue weighted by Gasteiger charge is -2.35. The molecule has 0 bridgehead atoms. The molecule has 2 atom stereocenters. The van der Waals surface area contributed by atoms with Gasteiger partial charge in [0, 0.05) is 59.3 Å². The van der Waals surface area contributed by atoms with Crippen molar-refractivity contribution in [3.63, 3.8) is 0 Å². The van der Waals surface area contributed by atoms with Gasteiger partial charge in [-0.25, -0.2) is 14.3 Å². The van der Waals surface area contributed by atoms with Crippen LogP contribution in [0.15, 0.2) is 64.4 Å². The third kappa shape index (κ3) is 9.11. The average Bonchev–Trinajstić information content (AvgIpc) is 3.13. The molecule has 1 fully saturated rings. The molecule has 0 radical (unpaired) electrons. The van der Waals surface area contributed by atoms with Crippen LogP contribution in [0.4, 0.5) is 23.9 Å². The van der Waals surface area contributed by atoms with Crippen molar-refractivity contribution in [1.82, 2.24) is 24.3 Å². The first-order chi connectivity index (χ1) is 25.7. The third-order valence-corrected chi connectivity index (χ3v) is 10.3. The van der Waals surface area contributed by atoms with Crippen molar-refractivity contribution in [2.45, 2.75) is 84.3 Å². The van der Waals surface area contributed by atoms with Crippen LogP contribution in [0.5, 0.6) is 0 Å². The van der Waals surface area contributed by atoms with Crippen molar-refractivity contribution < 1.29 is 37.1 Å². The van der Waals surface area contributed by atoms with Crippen LogP contribution in [-0.2, 0) is 28.7 Å². The van der Waals surface area contributed by atoms with Gasteiger partial charge < -0.3 is 19.9 Å². The fourth-order valence-corrected chi connectivity index (χ4v) is 7.00. The number of carbonyl (C=O) groups is 4. The minimum Gasteiger partial charge on any atom is -0.444 e. The van der Waals surface area contributed by atoms with E-state index in [1.165, 1.54) is 40.8 Å². The molecule has 4 amide bonds. The summed E-state index contributed by atoms with van der Waals surface area (Å²) in [5.74, 6) is -1.85. The molecule has 3 aromatic rings. The number of anilines is 1. The number of hydrogen-bond donors (Lipinski definition) is 1. The molecule has 5 rings (SSSR count). The third-order valence-electron chi connectivity index (χ3n) is 9.61. The Kier molecular flexibility index (Phi) is 12.0. The van der Waals surface area contributed by atoms with Gasteiger partial charge in [-0.15, -0.1) is 6.58 Å². The zero-order valence-corrected chi connectivity index (χ0v) is 33.1. The fourth-order valence-electron chi connectivity index (χ4n) is 6.53. The Morgan fingerprint density at radius 1 is 1.05 bits per heavy atom. The maximum atomic E-state index is 14.2. The van der Waals surface area contributed by atoms with E-state index in [0.29, 0.717) is 42.9 Å². The van der Waals surface area contributed by atoms with Crippen LogP contribution in [0, 0.1) is 5.92 Å². The van der Waals surface area contributed by atoms with E-state index in [1.54, 1.807) is 57.7 Å². The van der Waals surface area contributed by atoms with Crippen molar-refractivity contribution in [2.24, 2.45) is 5.92 Å². The maximum Gasteiger partial charge on any atom is 0.417 e. The second kappa shape index (κ2) is 16.0. The summed E-state index contributed by atoms with van der Waals surface area (Å²) < 4.78 is 47.4. The lowest BCUT2D eigenvalue weighted by Crippen LogP contribution is -2.46. The van der Waals surface area contributed by atoms with Crippen LogP contribution >= 0.6 is 15.9 Å². The van der Waals surface area contributed by atoms with Gasteiger partial charge in [0.2, 0.25) is 11.9 Å². The Balaban J connectivity index is 1.36. The second-order valence-corrected chi connectivity index (χ2v) is 15.7. The Hall–Kier alpha value is -4.99. The first-order valence-electron chi connectivity index (χ1n) is 17.8. The van der Waals surface area contributed by atoms with Crippen LogP contribution in [0.25, 0.3) is 5.69 Å². The van der Waals surface area contributed by atoms with E-state index in [-0.39, 0.29) is 46.5 Å². The van der Waals surface area contributed by atoms with Gasteiger partial charge in [-0.1, -0.05) is 22.0 Å². The summed E-state index contributed by atoms with van der Waals surface area (Å²) in [6.07, 6.45) is -2.65. The second-order valence-electron chi connectivity index (χ2n) is 14.8. The number of piperidine rings is 1. The van der Waals surface area contributed by atoms with Crippen molar-refractivity contribution >= 4 is 45.7 Å². The lowest BCUT2D eigenvalue weighted by molar-refractivity contribution is -0.138. The van der Waals surface area contributed by atoms with Gasteiger partial charge in [-0.3, -0.25) is 24.1 Å². The standard InChI is InChI=1S/C39H44BrF3N6O6/c1-8-22(2)44-36-45-31-21-48(34(52)26-11-14-30(40)29(20-26)39(41,42)43)23(3)19-28(31)35(53)49(36)27-12-9-24(10-13-27)32(50)46(7)33(51)25-15-17-47(18-16-25)37(54)55-38(4,5)6/h8-14,20,22-23,25H,1,15-19,21H2,2-7H3,(H,44,45)/t22-,23+/m0/s1. The Morgan fingerprint density at radius 3 is 2.25 bits per heavy atom. The monoisotopic (exact) mass is 828 g/mol. The summed E-state index contributed by atoms with van der Waals surface area (Å²) in [7, 11) is 1.41. The van der Waals surface area contributed by atoms with E-state index in [1.807, 2.05) is 0 Å². The molecule has 2 aromatic carbocycles. The van der Waals surface area contributed by atoms with E-state index in [9.17, 15) is 37.1 Å². The number of hydrogen-bond acceptors (Lipinski definition) is 8. The molecule has 0 spiro atoms. The first kappa shape index (κ1) is 41.2. The molecule has 12 nitrogen and oxygen atoms in total.